The fourth-order valence-electron chi connectivity index (χ4n) is 2.20. The number of hydrogen-bond acceptors (Lipinski definition) is 2. The summed E-state index contributed by atoms with van der Waals surface area (Å²) in [5.41, 5.74) is 1.78. The van der Waals surface area contributed by atoms with Gasteiger partial charge >= 0.3 is 6.18 Å². The molecule has 0 radical (unpaired) electrons. The molecule has 5 heteroatoms. The third kappa shape index (κ3) is 4.80. The zero-order valence-corrected chi connectivity index (χ0v) is 12.1. The minimum absolute atomic E-state index is 0.241. The number of aryl methyl sites for hydroxylation is 1. The highest BCUT2D eigenvalue weighted by molar-refractivity contribution is 5.25. The molecule has 20 heavy (non-hydrogen) atoms. The smallest absolute Gasteiger partial charge is 0.387 e. The molecule has 1 aromatic carbocycles. The van der Waals surface area contributed by atoms with Gasteiger partial charge in [0.05, 0.1) is 12.6 Å². The number of alkyl halides is 3. The second-order valence-electron chi connectivity index (χ2n) is 4.96. The molecule has 2 unspecified atom stereocenters. The zero-order valence-electron chi connectivity index (χ0n) is 12.1. The number of nitrogens with zero attached hydrogens (tertiary/aromatic N) is 1. The Hall–Kier alpha value is -1.07. The van der Waals surface area contributed by atoms with Gasteiger partial charge in [-0.15, -0.1) is 0 Å². The summed E-state index contributed by atoms with van der Waals surface area (Å²) >= 11 is 0. The molecular weight excluding hydrogens is 267 g/mol. The van der Waals surface area contributed by atoms with Crippen LogP contribution in [0.5, 0.6) is 0 Å². The quantitative estimate of drug-likeness (QED) is 0.865. The number of rotatable bonds is 6. The fraction of sp³-hybridized carbons (Fsp3) is 0.600. The first-order valence-electron chi connectivity index (χ1n) is 6.86. The largest absolute Gasteiger partial charge is 0.401 e. The second kappa shape index (κ2) is 7.09. The topological polar surface area (TPSA) is 23.5 Å². The van der Waals surface area contributed by atoms with Gasteiger partial charge in [-0.1, -0.05) is 38.1 Å². The summed E-state index contributed by atoms with van der Waals surface area (Å²) in [6.45, 7) is 4.54. The summed E-state index contributed by atoms with van der Waals surface area (Å²) in [6.07, 6.45) is -4.29. The van der Waals surface area contributed by atoms with E-state index < -0.39 is 24.9 Å². The lowest BCUT2D eigenvalue weighted by atomic mass is 10.00. The van der Waals surface area contributed by atoms with Crippen molar-refractivity contribution in [2.75, 3.05) is 13.1 Å². The number of aliphatic hydroxyl groups excluding tert-OH is 1. The minimum atomic E-state index is -4.25. The molecule has 0 amide bonds. The van der Waals surface area contributed by atoms with E-state index in [9.17, 15) is 18.3 Å². The van der Waals surface area contributed by atoms with Crippen molar-refractivity contribution >= 4 is 0 Å². The van der Waals surface area contributed by atoms with Crippen molar-refractivity contribution in [3.63, 3.8) is 0 Å². The maximum absolute atomic E-state index is 12.5. The first-order chi connectivity index (χ1) is 9.28. The van der Waals surface area contributed by atoms with Crippen molar-refractivity contribution in [1.82, 2.24) is 4.90 Å². The monoisotopic (exact) mass is 289 g/mol. The van der Waals surface area contributed by atoms with Crippen LogP contribution in [0.15, 0.2) is 24.3 Å². The maximum Gasteiger partial charge on any atom is 0.401 e. The van der Waals surface area contributed by atoms with Crippen LogP contribution in [-0.2, 0) is 6.42 Å². The normalized spacial score (nSPS) is 15.4. The van der Waals surface area contributed by atoms with Crippen LogP contribution >= 0.6 is 0 Å². The highest BCUT2D eigenvalue weighted by Crippen LogP contribution is 2.25. The zero-order chi connectivity index (χ0) is 15.3. The van der Waals surface area contributed by atoms with E-state index in [0.717, 1.165) is 12.0 Å². The predicted octanol–water partition coefficient (Wildman–Crippen LogP) is 3.56. The van der Waals surface area contributed by atoms with E-state index in [1.165, 1.54) is 4.90 Å². The second-order valence-corrected chi connectivity index (χ2v) is 4.96. The summed E-state index contributed by atoms with van der Waals surface area (Å²) in [5.74, 6) is 0. The van der Waals surface area contributed by atoms with Crippen LogP contribution in [0.25, 0.3) is 0 Å². The third-order valence-electron chi connectivity index (χ3n) is 3.55. The van der Waals surface area contributed by atoms with Crippen LogP contribution in [0, 0.1) is 0 Å². The average Bonchev–Trinajstić information content (AvgIpc) is 2.42. The van der Waals surface area contributed by atoms with Gasteiger partial charge in [0, 0.05) is 6.04 Å². The first-order valence-corrected chi connectivity index (χ1v) is 6.86. The third-order valence-corrected chi connectivity index (χ3v) is 3.55. The highest BCUT2D eigenvalue weighted by Gasteiger charge is 2.34. The molecule has 0 saturated heterocycles. The van der Waals surface area contributed by atoms with Gasteiger partial charge in [-0.2, -0.15) is 13.2 Å². The summed E-state index contributed by atoms with van der Waals surface area (Å²) in [4.78, 5) is 1.23. The van der Waals surface area contributed by atoms with Crippen LogP contribution in [0.2, 0.25) is 0 Å². The van der Waals surface area contributed by atoms with Crippen LogP contribution in [0.1, 0.15) is 38.0 Å². The van der Waals surface area contributed by atoms with Gasteiger partial charge in [0.2, 0.25) is 0 Å². The Bertz CT molecular complexity index is 403. The summed E-state index contributed by atoms with van der Waals surface area (Å²) in [7, 11) is 0. The lowest BCUT2D eigenvalue weighted by molar-refractivity contribution is -0.154. The summed E-state index contributed by atoms with van der Waals surface area (Å²) in [5, 5.41) is 10.2. The molecule has 1 N–H and O–H groups in total. The molecule has 0 spiro atoms. The molecule has 0 aromatic heterocycles. The molecule has 0 aliphatic heterocycles. The van der Waals surface area contributed by atoms with Gasteiger partial charge in [-0.25, -0.2) is 0 Å². The van der Waals surface area contributed by atoms with Crippen molar-refractivity contribution in [2.45, 2.75) is 45.5 Å². The molecule has 0 heterocycles. The van der Waals surface area contributed by atoms with Crippen molar-refractivity contribution in [1.29, 1.82) is 0 Å². The number of aliphatic hydroxyl groups is 1. The van der Waals surface area contributed by atoms with Crippen LogP contribution < -0.4 is 0 Å². The van der Waals surface area contributed by atoms with Crippen molar-refractivity contribution in [2.24, 2.45) is 0 Å². The Labute approximate surface area is 118 Å². The number of benzene rings is 1. The minimum Gasteiger partial charge on any atom is -0.387 e. The molecule has 0 saturated carbocycles. The Kier molecular flexibility index (Phi) is 6.02. The molecule has 0 bridgehead atoms. The standard InChI is InChI=1S/C15H22F3NO/c1-4-12-6-8-13(9-7-12)14(20)11(3)19(5-2)10-15(16,17)18/h6-9,11,14,20H,4-5,10H2,1-3H3. The summed E-state index contributed by atoms with van der Waals surface area (Å²) < 4.78 is 37.5. The molecule has 2 nitrogen and oxygen atoms in total. The van der Waals surface area contributed by atoms with E-state index in [2.05, 4.69) is 0 Å². The van der Waals surface area contributed by atoms with Crippen LogP contribution in [-0.4, -0.2) is 35.3 Å². The Balaban J connectivity index is 2.79. The lowest BCUT2D eigenvalue weighted by Crippen LogP contribution is -2.43. The molecule has 0 aliphatic carbocycles. The number of hydrogen-bond donors (Lipinski definition) is 1. The molecule has 1 aromatic rings. The van der Waals surface area contributed by atoms with Crippen LogP contribution in [0.3, 0.4) is 0 Å². The van der Waals surface area contributed by atoms with E-state index in [1.807, 2.05) is 19.1 Å². The Morgan fingerprint density at radius 2 is 1.70 bits per heavy atom. The Morgan fingerprint density at radius 1 is 1.15 bits per heavy atom. The Morgan fingerprint density at radius 3 is 2.10 bits per heavy atom. The van der Waals surface area contributed by atoms with E-state index in [1.54, 1.807) is 26.0 Å². The van der Waals surface area contributed by atoms with Crippen molar-refractivity contribution in [3.05, 3.63) is 35.4 Å². The van der Waals surface area contributed by atoms with E-state index in [4.69, 9.17) is 0 Å². The predicted molar refractivity (Wildman–Crippen MR) is 73.5 cm³/mol. The molecular formula is C15H22F3NO. The number of halogens is 3. The summed E-state index contributed by atoms with van der Waals surface area (Å²) in [6, 6.07) is 6.76. The van der Waals surface area contributed by atoms with Crippen LogP contribution in [0.4, 0.5) is 13.2 Å². The average molecular weight is 289 g/mol. The number of likely N-dealkylation sites (N-methyl/N-ethyl adjacent to an activating group) is 1. The van der Waals surface area contributed by atoms with Crippen molar-refractivity contribution < 1.29 is 18.3 Å². The fourth-order valence-corrected chi connectivity index (χ4v) is 2.20. The van der Waals surface area contributed by atoms with Gasteiger partial charge in [0.15, 0.2) is 0 Å². The van der Waals surface area contributed by atoms with Gasteiger partial charge in [-0.3, -0.25) is 4.90 Å². The molecule has 0 fully saturated rings. The molecule has 1 rings (SSSR count). The van der Waals surface area contributed by atoms with Gasteiger partial charge < -0.3 is 5.11 Å². The first kappa shape index (κ1) is 17.0. The molecule has 114 valence electrons. The van der Waals surface area contributed by atoms with E-state index >= 15 is 0 Å². The van der Waals surface area contributed by atoms with E-state index in [-0.39, 0.29) is 6.54 Å². The molecule has 2 atom stereocenters. The van der Waals surface area contributed by atoms with E-state index in [0.29, 0.717) is 5.56 Å². The lowest BCUT2D eigenvalue weighted by Gasteiger charge is -2.32. The van der Waals surface area contributed by atoms with Gasteiger partial charge in [0.25, 0.3) is 0 Å². The van der Waals surface area contributed by atoms with Gasteiger partial charge in [0.1, 0.15) is 0 Å². The highest BCUT2D eigenvalue weighted by atomic mass is 19.4. The SMILES string of the molecule is CCc1ccc(C(O)C(C)N(CC)CC(F)(F)F)cc1. The van der Waals surface area contributed by atoms with Gasteiger partial charge in [-0.05, 0) is 31.0 Å². The van der Waals surface area contributed by atoms with Crippen molar-refractivity contribution in [3.8, 4) is 0 Å². The molecule has 0 aliphatic rings. The maximum atomic E-state index is 12.5.